The lowest BCUT2D eigenvalue weighted by Gasteiger charge is -2.34. The van der Waals surface area contributed by atoms with Gasteiger partial charge in [0, 0.05) is 19.6 Å². The van der Waals surface area contributed by atoms with Gasteiger partial charge in [-0.15, -0.1) is 0 Å². The minimum Gasteiger partial charge on any atom is -0.381 e. The Morgan fingerprint density at radius 2 is 1.92 bits per heavy atom. The molecule has 2 nitrogen and oxygen atoms in total. The van der Waals surface area contributed by atoms with Crippen LogP contribution < -0.4 is 0 Å². The maximum atomic E-state index is 5.65. The quantitative estimate of drug-likeness (QED) is 0.650. The maximum Gasteiger partial charge on any atom is 0.0625 e. The van der Waals surface area contributed by atoms with Gasteiger partial charge in [-0.05, 0) is 26.2 Å². The number of methoxy groups -OCH3 is 1. The van der Waals surface area contributed by atoms with Gasteiger partial charge in [0.2, 0.25) is 0 Å². The normalized spacial score (nSPS) is 36.8. The molecule has 12 heavy (non-hydrogen) atoms. The van der Waals surface area contributed by atoms with E-state index in [4.69, 9.17) is 9.47 Å². The van der Waals surface area contributed by atoms with E-state index in [1.165, 1.54) is 19.3 Å². The summed E-state index contributed by atoms with van der Waals surface area (Å²) in [6, 6.07) is 0. The first kappa shape index (κ1) is 10.0. The first-order valence-corrected chi connectivity index (χ1v) is 4.94. The second kappa shape index (κ2) is 4.83. The number of ether oxygens (including phenoxy) is 2. The molecule has 0 aromatic carbocycles. The summed E-state index contributed by atoms with van der Waals surface area (Å²) < 4.78 is 11.0. The predicted molar refractivity (Wildman–Crippen MR) is 49.2 cm³/mol. The van der Waals surface area contributed by atoms with Crippen molar-refractivity contribution in [3.05, 3.63) is 0 Å². The van der Waals surface area contributed by atoms with Crippen LogP contribution >= 0.6 is 0 Å². The van der Waals surface area contributed by atoms with Crippen molar-refractivity contribution in [1.29, 1.82) is 0 Å². The molecule has 1 rings (SSSR count). The van der Waals surface area contributed by atoms with Crippen molar-refractivity contribution in [2.45, 2.75) is 45.3 Å². The minimum absolute atomic E-state index is 0.412. The van der Waals surface area contributed by atoms with Crippen molar-refractivity contribution >= 4 is 0 Å². The van der Waals surface area contributed by atoms with Crippen molar-refractivity contribution in [3.63, 3.8) is 0 Å². The lowest BCUT2D eigenvalue weighted by atomic mass is 9.85. The van der Waals surface area contributed by atoms with Crippen LogP contribution in [0.3, 0.4) is 0 Å². The molecule has 1 aliphatic rings. The topological polar surface area (TPSA) is 18.5 Å². The fourth-order valence-corrected chi connectivity index (χ4v) is 2.07. The third-order valence-electron chi connectivity index (χ3n) is 2.83. The maximum absolute atomic E-state index is 5.65. The fraction of sp³-hybridized carbons (Fsp3) is 1.00. The Morgan fingerprint density at radius 1 is 1.25 bits per heavy atom. The van der Waals surface area contributed by atoms with Crippen LogP contribution in [0.1, 0.15) is 33.1 Å². The molecular formula is C10H20O2. The second-order valence-electron chi connectivity index (χ2n) is 3.56. The van der Waals surface area contributed by atoms with Gasteiger partial charge in [-0.3, -0.25) is 0 Å². The summed E-state index contributed by atoms with van der Waals surface area (Å²) in [5.41, 5.74) is 0. The Morgan fingerprint density at radius 3 is 2.50 bits per heavy atom. The smallest absolute Gasteiger partial charge is 0.0625 e. The molecule has 0 N–H and O–H groups in total. The average Bonchev–Trinajstić information content (AvgIpc) is 2.09. The van der Waals surface area contributed by atoms with E-state index in [0.29, 0.717) is 18.1 Å². The van der Waals surface area contributed by atoms with Crippen molar-refractivity contribution in [2.24, 2.45) is 5.92 Å². The molecule has 1 aliphatic carbocycles. The number of hydrogen-bond donors (Lipinski definition) is 0. The van der Waals surface area contributed by atoms with Crippen molar-refractivity contribution in [1.82, 2.24) is 0 Å². The summed E-state index contributed by atoms with van der Waals surface area (Å²) in [5, 5.41) is 0. The van der Waals surface area contributed by atoms with Gasteiger partial charge >= 0.3 is 0 Å². The van der Waals surface area contributed by atoms with E-state index in [2.05, 4.69) is 13.8 Å². The SMILES string of the molecule is CCO[C@@H]1CCC[C@H](OC)[C@H]1C. The van der Waals surface area contributed by atoms with Gasteiger partial charge in [0.25, 0.3) is 0 Å². The zero-order valence-corrected chi connectivity index (χ0v) is 8.38. The molecule has 3 atom stereocenters. The molecule has 0 spiro atoms. The van der Waals surface area contributed by atoms with Crippen LogP contribution in [0.15, 0.2) is 0 Å². The number of rotatable bonds is 3. The van der Waals surface area contributed by atoms with E-state index in [1.807, 2.05) is 0 Å². The summed E-state index contributed by atoms with van der Waals surface area (Å²) >= 11 is 0. The standard InChI is InChI=1S/C10H20O2/c1-4-12-10-7-5-6-9(11-3)8(10)2/h8-10H,4-7H2,1-3H3/t8-,9+,10-/m1/s1. The lowest BCUT2D eigenvalue weighted by molar-refractivity contribution is -0.0688. The van der Waals surface area contributed by atoms with E-state index in [1.54, 1.807) is 7.11 Å². The van der Waals surface area contributed by atoms with E-state index >= 15 is 0 Å². The molecule has 0 aromatic heterocycles. The molecule has 0 saturated heterocycles. The predicted octanol–water partition coefficient (Wildman–Crippen LogP) is 2.23. The Kier molecular flexibility index (Phi) is 4.02. The van der Waals surface area contributed by atoms with Crippen molar-refractivity contribution in [3.8, 4) is 0 Å². The molecule has 1 fully saturated rings. The molecule has 0 amide bonds. The molecule has 72 valence electrons. The van der Waals surface area contributed by atoms with Gasteiger partial charge in [-0.1, -0.05) is 6.92 Å². The van der Waals surface area contributed by atoms with E-state index < -0.39 is 0 Å². The molecule has 0 aliphatic heterocycles. The Bertz CT molecular complexity index is 123. The molecule has 1 saturated carbocycles. The summed E-state index contributed by atoms with van der Waals surface area (Å²) in [7, 11) is 1.80. The van der Waals surface area contributed by atoms with E-state index in [9.17, 15) is 0 Å². The Hall–Kier alpha value is -0.0800. The summed E-state index contributed by atoms with van der Waals surface area (Å²) in [4.78, 5) is 0. The highest BCUT2D eigenvalue weighted by molar-refractivity contribution is 4.80. The highest BCUT2D eigenvalue weighted by atomic mass is 16.5. The van der Waals surface area contributed by atoms with E-state index in [0.717, 1.165) is 6.61 Å². The molecule has 0 bridgehead atoms. The van der Waals surface area contributed by atoms with Gasteiger partial charge in [-0.25, -0.2) is 0 Å². The van der Waals surface area contributed by atoms with Gasteiger partial charge in [0.15, 0.2) is 0 Å². The molecular weight excluding hydrogens is 152 g/mol. The van der Waals surface area contributed by atoms with Crippen LogP contribution in [-0.2, 0) is 9.47 Å². The molecule has 0 unspecified atom stereocenters. The van der Waals surface area contributed by atoms with Crippen LogP contribution in [0.4, 0.5) is 0 Å². The highest BCUT2D eigenvalue weighted by Crippen LogP contribution is 2.28. The average molecular weight is 172 g/mol. The fourth-order valence-electron chi connectivity index (χ4n) is 2.07. The molecule has 0 radical (unpaired) electrons. The largest absolute Gasteiger partial charge is 0.381 e. The van der Waals surface area contributed by atoms with Crippen LogP contribution in [0.25, 0.3) is 0 Å². The Labute approximate surface area is 75.2 Å². The van der Waals surface area contributed by atoms with Crippen LogP contribution in [0.5, 0.6) is 0 Å². The third kappa shape index (κ3) is 2.20. The first-order valence-electron chi connectivity index (χ1n) is 4.94. The zero-order chi connectivity index (χ0) is 8.97. The van der Waals surface area contributed by atoms with E-state index in [-0.39, 0.29) is 0 Å². The van der Waals surface area contributed by atoms with Crippen LogP contribution in [0, 0.1) is 5.92 Å². The monoisotopic (exact) mass is 172 g/mol. The van der Waals surface area contributed by atoms with Crippen molar-refractivity contribution < 1.29 is 9.47 Å². The minimum atomic E-state index is 0.412. The number of hydrogen-bond acceptors (Lipinski definition) is 2. The van der Waals surface area contributed by atoms with Crippen molar-refractivity contribution in [2.75, 3.05) is 13.7 Å². The zero-order valence-electron chi connectivity index (χ0n) is 8.38. The highest BCUT2D eigenvalue weighted by Gasteiger charge is 2.29. The lowest BCUT2D eigenvalue weighted by Crippen LogP contribution is -2.37. The molecule has 2 heteroatoms. The molecule has 0 aromatic rings. The van der Waals surface area contributed by atoms with Crippen LogP contribution in [0.2, 0.25) is 0 Å². The molecule has 0 heterocycles. The third-order valence-corrected chi connectivity index (χ3v) is 2.83. The van der Waals surface area contributed by atoms with Gasteiger partial charge in [-0.2, -0.15) is 0 Å². The summed E-state index contributed by atoms with van der Waals surface area (Å²) in [5.74, 6) is 0.559. The summed E-state index contributed by atoms with van der Waals surface area (Å²) in [6.45, 7) is 5.11. The van der Waals surface area contributed by atoms with Crippen LogP contribution in [-0.4, -0.2) is 25.9 Å². The van der Waals surface area contributed by atoms with Gasteiger partial charge < -0.3 is 9.47 Å². The second-order valence-corrected chi connectivity index (χ2v) is 3.56. The van der Waals surface area contributed by atoms with Gasteiger partial charge in [0.05, 0.1) is 12.2 Å². The summed E-state index contributed by atoms with van der Waals surface area (Å²) in [6.07, 6.45) is 4.48. The Balaban J connectivity index is 2.41. The van der Waals surface area contributed by atoms with Gasteiger partial charge in [0.1, 0.15) is 0 Å². The first-order chi connectivity index (χ1) is 5.79.